The second kappa shape index (κ2) is 6.85. The van der Waals surface area contributed by atoms with E-state index in [2.05, 4.69) is 10.4 Å². The number of benzene rings is 1. The number of ether oxygens (including phenoxy) is 1. The molecular weight excluding hydrogens is 266 g/mol. The zero-order valence-electron chi connectivity index (χ0n) is 12.2. The van der Waals surface area contributed by atoms with E-state index in [4.69, 9.17) is 10.6 Å². The highest BCUT2D eigenvalue weighted by Gasteiger charge is 2.07. The number of aryl methyl sites for hydroxylation is 2. The number of rotatable bonds is 5. The van der Waals surface area contributed by atoms with Gasteiger partial charge in [0.15, 0.2) is 0 Å². The Morgan fingerprint density at radius 2 is 2.14 bits per heavy atom. The van der Waals surface area contributed by atoms with E-state index in [0.717, 1.165) is 29.1 Å². The van der Waals surface area contributed by atoms with Crippen molar-refractivity contribution in [1.82, 2.24) is 10.4 Å². The van der Waals surface area contributed by atoms with Gasteiger partial charge >= 0.3 is 0 Å². The second-order valence-electron chi connectivity index (χ2n) is 4.71. The number of carbonyl (C=O) groups is 1. The van der Waals surface area contributed by atoms with Crippen LogP contribution < -0.4 is 16.0 Å². The largest absolute Gasteiger partial charge is 0.487 e. The van der Waals surface area contributed by atoms with Crippen molar-refractivity contribution in [3.8, 4) is 5.75 Å². The van der Waals surface area contributed by atoms with Crippen molar-refractivity contribution >= 4 is 5.91 Å². The Kier molecular flexibility index (Phi) is 4.90. The molecule has 3 N–H and O–H groups in total. The summed E-state index contributed by atoms with van der Waals surface area (Å²) < 4.78 is 5.81. The molecule has 0 spiro atoms. The minimum atomic E-state index is -0.317. The maximum absolute atomic E-state index is 11.5. The Labute approximate surface area is 124 Å². The molecule has 1 amide bonds. The van der Waals surface area contributed by atoms with Crippen molar-refractivity contribution in [2.24, 2.45) is 5.84 Å². The predicted octanol–water partition coefficient (Wildman–Crippen LogP) is 2.13. The van der Waals surface area contributed by atoms with E-state index in [1.54, 1.807) is 18.2 Å². The first kappa shape index (κ1) is 15.0. The molecular formula is C16H19N3O2. The van der Waals surface area contributed by atoms with Crippen LogP contribution in [0.5, 0.6) is 5.75 Å². The van der Waals surface area contributed by atoms with E-state index in [1.165, 1.54) is 0 Å². The average Bonchev–Trinajstić information content (AvgIpc) is 2.53. The van der Waals surface area contributed by atoms with E-state index >= 15 is 0 Å². The predicted molar refractivity (Wildman–Crippen MR) is 80.8 cm³/mol. The van der Waals surface area contributed by atoms with Gasteiger partial charge in [-0.15, -0.1) is 0 Å². The number of hydrazine groups is 1. The maximum Gasteiger partial charge on any atom is 0.265 e. The summed E-state index contributed by atoms with van der Waals surface area (Å²) in [5.74, 6) is 5.59. The van der Waals surface area contributed by atoms with Gasteiger partial charge in [0, 0.05) is 11.3 Å². The number of carbonyl (C=O) groups excluding carboxylic acids is 1. The van der Waals surface area contributed by atoms with Crippen LogP contribution >= 0.6 is 0 Å². The lowest BCUT2D eigenvalue weighted by Crippen LogP contribution is -2.30. The molecule has 0 radical (unpaired) electrons. The Bertz CT molecular complexity index is 641. The highest BCUT2D eigenvalue weighted by molar-refractivity contribution is 5.93. The number of aromatic nitrogens is 1. The number of nitrogens with one attached hydrogen (secondary N) is 1. The molecule has 1 aromatic carbocycles. The maximum atomic E-state index is 11.5. The van der Waals surface area contributed by atoms with E-state index in [0.29, 0.717) is 12.2 Å². The van der Waals surface area contributed by atoms with Gasteiger partial charge in [-0.05, 0) is 43.2 Å². The number of pyridine rings is 1. The van der Waals surface area contributed by atoms with Gasteiger partial charge in [-0.3, -0.25) is 15.2 Å². The molecule has 0 fully saturated rings. The quantitative estimate of drug-likeness (QED) is 0.501. The number of amides is 1. The lowest BCUT2D eigenvalue weighted by molar-refractivity contribution is 0.0953. The number of hydrogen-bond donors (Lipinski definition) is 2. The summed E-state index contributed by atoms with van der Waals surface area (Å²) in [6.07, 6.45) is 0.812. The fraction of sp³-hybridized carbons (Fsp3) is 0.250. The van der Waals surface area contributed by atoms with Crippen LogP contribution in [-0.4, -0.2) is 10.9 Å². The highest BCUT2D eigenvalue weighted by atomic mass is 16.5. The summed E-state index contributed by atoms with van der Waals surface area (Å²) in [4.78, 5) is 15.9. The van der Waals surface area contributed by atoms with Crippen molar-refractivity contribution in [2.45, 2.75) is 26.9 Å². The number of nitrogens with zero attached hydrogens (tertiary/aromatic N) is 1. The zero-order valence-corrected chi connectivity index (χ0v) is 12.2. The smallest absolute Gasteiger partial charge is 0.265 e. The molecule has 0 saturated carbocycles. The molecule has 0 saturated heterocycles. The molecule has 0 bridgehead atoms. The lowest BCUT2D eigenvalue weighted by atomic mass is 10.1. The third-order valence-corrected chi connectivity index (χ3v) is 3.12. The van der Waals surface area contributed by atoms with Gasteiger partial charge in [0.1, 0.15) is 12.4 Å². The van der Waals surface area contributed by atoms with Crippen LogP contribution in [0.25, 0.3) is 0 Å². The molecule has 0 unspecified atom stereocenters. The molecule has 2 aromatic rings. The highest BCUT2D eigenvalue weighted by Crippen LogP contribution is 2.19. The Morgan fingerprint density at radius 1 is 1.33 bits per heavy atom. The normalized spacial score (nSPS) is 10.2. The van der Waals surface area contributed by atoms with Crippen LogP contribution in [0.1, 0.15) is 34.2 Å². The number of hydrogen-bond acceptors (Lipinski definition) is 4. The van der Waals surface area contributed by atoms with Gasteiger partial charge in [0.25, 0.3) is 5.91 Å². The van der Waals surface area contributed by atoms with Crippen molar-refractivity contribution in [3.63, 3.8) is 0 Å². The summed E-state index contributed by atoms with van der Waals surface area (Å²) in [5, 5.41) is 0. The minimum Gasteiger partial charge on any atom is -0.487 e. The molecule has 0 aliphatic rings. The molecule has 0 aliphatic heterocycles. The van der Waals surface area contributed by atoms with E-state index in [9.17, 15) is 4.79 Å². The van der Waals surface area contributed by atoms with Crippen molar-refractivity contribution in [1.29, 1.82) is 0 Å². The summed E-state index contributed by atoms with van der Waals surface area (Å²) in [7, 11) is 0. The van der Waals surface area contributed by atoms with Crippen molar-refractivity contribution in [2.75, 3.05) is 0 Å². The van der Waals surface area contributed by atoms with Crippen LogP contribution in [0.2, 0.25) is 0 Å². The molecule has 1 aromatic heterocycles. The van der Waals surface area contributed by atoms with Crippen molar-refractivity contribution < 1.29 is 9.53 Å². The fourth-order valence-electron chi connectivity index (χ4n) is 2.03. The van der Waals surface area contributed by atoms with Gasteiger partial charge in [-0.25, -0.2) is 5.84 Å². The second-order valence-corrected chi connectivity index (χ2v) is 4.71. The van der Waals surface area contributed by atoms with Crippen LogP contribution in [0.15, 0.2) is 36.4 Å². The van der Waals surface area contributed by atoms with E-state index in [1.807, 2.05) is 32.0 Å². The zero-order chi connectivity index (χ0) is 15.2. The molecule has 21 heavy (non-hydrogen) atoms. The lowest BCUT2D eigenvalue weighted by Gasteiger charge is -2.11. The molecule has 0 atom stereocenters. The molecule has 2 rings (SSSR count). The van der Waals surface area contributed by atoms with Gasteiger partial charge in [0.2, 0.25) is 0 Å². The molecule has 110 valence electrons. The first-order valence-electron chi connectivity index (χ1n) is 6.83. The standard InChI is InChI=1S/C16H19N3O2/c1-3-14-15(8-7-11(2)18-14)21-10-12-5-4-6-13(9-12)16(20)19-17/h4-9H,3,10,17H2,1-2H3,(H,19,20). The van der Waals surface area contributed by atoms with E-state index in [-0.39, 0.29) is 5.91 Å². The van der Waals surface area contributed by atoms with Crippen LogP contribution in [0.4, 0.5) is 0 Å². The minimum absolute atomic E-state index is 0.317. The van der Waals surface area contributed by atoms with Gasteiger partial charge < -0.3 is 4.74 Å². The van der Waals surface area contributed by atoms with Gasteiger partial charge in [-0.1, -0.05) is 19.1 Å². The van der Waals surface area contributed by atoms with Crippen LogP contribution in [0, 0.1) is 6.92 Å². The summed E-state index contributed by atoms with van der Waals surface area (Å²) in [5.41, 5.74) is 5.44. The fourth-order valence-corrected chi connectivity index (χ4v) is 2.03. The number of nitrogens with two attached hydrogens (primary N) is 1. The summed E-state index contributed by atoms with van der Waals surface area (Å²) in [6.45, 7) is 4.38. The summed E-state index contributed by atoms with van der Waals surface area (Å²) in [6, 6.07) is 11.0. The van der Waals surface area contributed by atoms with E-state index < -0.39 is 0 Å². The summed E-state index contributed by atoms with van der Waals surface area (Å²) >= 11 is 0. The molecule has 5 heteroatoms. The van der Waals surface area contributed by atoms with Crippen LogP contribution in [-0.2, 0) is 13.0 Å². The first-order valence-corrected chi connectivity index (χ1v) is 6.83. The Balaban J connectivity index is 2.11. The average molecular weight is 285 g/mol. The third-order valence-electron chi connectivity index (χ3n) is 3.12. The number of nitrogen functional groups attached to an aromatic ring is 1. The molecule has 5 nitrogen and oxygen atoms in total. The third kappa shape index (κ3) is 3.79. The van der Waals surface area contributed by atoms with Gasteiger partial charge in [-0.2, -0.15) is 0 Å². The molecule has 1 heterocycles. The molecule has 0 aliphatic carbocycles. The SMILES string of the molecule is CCc1nc(C)ccc1OCc1cccc(C(=O)NN)c1. The monoisotopic (exact) mass is 285 g/mol. The van der Waals surface area contributed by atoms with Gasteiger partial charge in [0.05, 0.1) is 5.69 Å². The Hall–Kier alpha value is -2.40. The Morgan fingerprint density at radius 3 is 2.86 bits per heavy atom. The first-order chi connectivity index (χ1) is 10.1. The van der Waals surface area contributed by atoms with Crippen LogP contribution in [0.3, 0.4) is 0 Å². The van der Waals surface area contributed by atoms with Crippen molar-refractivity contribution in [3.05, 3.63) is 58.9 Å². The topological polar surface area (TPSA) is 77.2 Å².